The number of hydrogen-bond donors (Lipinski definition) is 0. The van der Waals surface area contributed by atoms with Crippen LogP contribution >= 0.6 is 0 Å². The third kappa shape index (κ3) is 1.84. The lowest BCUT2D eigenvalue weighted by Gasteiger charge is -2.00. The second-order valence-electron chi connectivity index (χ2n) is 3.06. The average molecular weight is 163 g/mol. The van der Waals surface area contributed by atoms with Gasteiger partial charge in [-0.1, -0.05) is 5.57 Å². The van der Waals surface area contributed by atoms with E-state index >= 15 is 0 Å². The van der Waals surface area contributed by atoms with Gasteiger partial charge in [-0.15, -0.1) is 0 Å². The first kappa shape index (κ1) is 8.78. The summed E-state index contributed by atoms with van der Waals surface area (Å²) in [6, 6.07) is 3.69. The summed E-state index contributed by atoms with van der Waals surface area (Å²) >= 11 is 0. The number of aromatic nitrogens is 1. The van der Waals surface area contributed by atoms with Crippen LogP contribution in [0.5, 0.6) is 0 Å². The van der Waals surface area contributed by atoms with Crippen molar-refractivity contribution in [1.82, 2.24) is 4.57 Å². The summed E-state index contributed by atoms with van der Waals surface area (Å²) in [6.07, 6.45) is 3.82. The van der Waals surface area contributed by atoms with Crippen molar-refractivity contribution in [3.63, 3.8) is 0 Å². The quantitative estimate of drug-likeness (QED) is 0.614. The van der Waals surface area contributed by atoms with Gasteiger partial charge in [-0.3, -0.25) is 4.79 Å². The third-order valence-electron chi connectivity index (χ3n) is 1.54. The summed E-state index contributed by atoms with van der Waals surface area (Å²) in [4.78, 5) is 11.1. The van der Waals surface area contributed by atoms with Crippen molar-refractivity contribution in [2.45, 2.75) is 20.8 Å². The van der Waals surface area contributed by atoms with Crippen LogP contribution in [0.25, 0.3) is 6.20 Å². The van der Waals surface area contributed by atoms with Gasteiger partial charge in [-0.05, 0) is 26.0 Å². The summed E-state index contributed by atoms with van der Waals surface area (Å²) in [5.74, 6) is 0.0949. The average Bonchev–Trinajstić information content (AvgIpc) is 2.33. The standard InChI is InChI=1S/C10H13NO/c1-8(2)7-11-6-4-5-10(11)9(3)12/h4-7H,1-3H3. The number of nitrogens with zero attached hydrogens (tertiary/aromatic N) is 1. The smallest absolute Gasteiger partial charge is 0.176 e. The Morgan fingerprint density at radius 1 is 1.42 bits per heavy atom. The molecule has 0 fully saturated rings. The molecular weight excluding hydrogens is 150 g/mol. The molecule has 1 rings (SSSR count). The lowest BCUT2D eigenvalue weighted by atomic mass is 10.3. The van der Waals surface area contributed by atoms with E-state index in [2.05, 4.69) is 0 Å². The van der Waals surface area contributed by atoms with Crippen molar-refractivity contribution in [1.29, 1.82) is 0 Å². The van der Waals surface area contributed by atoms with Crippen molar-refractivity contribution in [3.8, 4) is 0 Å². The maximum atomic E-state index is 11.1. The van der Waals surface area contributed by atoms with Crippen molar-refractivity contribution in [2.75, 3.05) is 0 Å². The molecule has 0 bridgehead atoms. The fourth-order valence-electron chi connectivity index (χ4n) is 1.08. The molecule has 0 aliphatic carbocycles. The molecule has 0 N–H and O–H groups in total. The van der Waals surface area contributed by atoms with Crippen LogP contribution in [-0.4, -0.2) is 10.4 Å². The molecule has 0 saturated heterocycles. The second kappa shape index (κ2) is 3.39. The Balaban J connectivity index is 3.08. The normalized spacial score (nSPS) is 9.58. The van der Waals surface area contributed by atoms with Gasteiger partial charge in [0.1, 0.15) is 0 Å². The van der Waals surface area contributed by atoms with E-state index in [4.69, 9.17) is 0 Å². The second-order valence-corrected chi connectivity index (χ2v) is 3.06. The molecule has 2 heteroatoms. The number of carbonyl (C=O) groups excluding carboxylic acids is 1. The monoisotopic (exact) mass is 163 g/mol. The van der Waals surface area contributed by atoms with Crippen LogP contribution in [0, 0.1) is 0 Å². The van der Waals surface area contributed by atoms with Crippen molar-refractivity contribution in [2.24, 2.45) is 0 Å². The third-order valence-corrected chi connectivity index (χ3v) is 1.54. The van der Waals surface area contributed by atoms with Crippen LogP contribution in [0.3, 0.4) is 0 Å². The molecule has 0 radical (unpaired) electrons. The van der Waals surface area contributed by atoms with Crippen LogP contribution in [0.2, 0.25) is 0 Å². The summed E-state index contributed by atoms with van der Waals surface area (Å²) < 4.78 is 1.84. The number of Topliss-reactive ketones (excluding diaryl/α,β-unsaturated/α-hetero) is 1. The lowest BCUT2D eigenvalue weighted by Crippen LogP contribution is -1.99. The Kier molecular flexibility index (Phi) is 2.48. The van der Waals surface area contributed by atoms with E-state index in [0.29, 0.717) is 0 Å². The Hall–Kier alpha value is -1.31. The topological polar surface area (TPSA) is 22.0 Å². The van der Waals surface area contributed by atoms with Crippen molar-refractivity contribution >= 4 is 12.0 Å². The molecule has 0 aromatic carbocycles. The van der Waals surface area contributed by atoms with Gasteiger partial charge in [0.15, 0.2) is 5.78 Å². The van der Waals surface area contributed by atoms with Gasteiger partial charge in [0.05, 0.1) is 5.69 Å². The Labute approximate surface area is 72.5 Å². The van der Waals surface area contributed by atoms with Crippen LogP contribution in [0.4, 0.5) is 0 Å². The maximum Gasteiger partial charge on any atom is 0.176 e. The van der Waals surface area contributed by atoms with Gasteiger partial charge < -0.3 is 4.57 Å². The summed E-state index contributed by atoms with van der Waals surface area (Å²) in [6.45, 7) is 5.58. The molecule has 0 unspecified atom stereocenters. The summed E-state index contributed by atoms with van der Waals surface area (Å²) in [5, 5.41) is 0. The minimum absolute atomic E-state index is 0.0949. The number of carbonyl (C=O) groups is 1. The summed E-state index contributed by atoms with van der Waals surface area (Å²) in [7, 11) is 0. The van der Waals surface area contributed by atoms with E-state index in [9.17, 15) is 4.79 Å². The predicted molar refractivity (Wildman–Crippen MR) is 50.1 cm³/mol. The zero-order valence-corrected chi connectivity index (χ0v) is 7.66. The lowest BCUT2D eigenvalue weighted by molar-refractivity contribution is 0.101. The molecule has 64 valence electrons. The molecule has 0 atom stereocenters. The Morgan fingerprint density at radius 3 is 2.58 bits per heavy atom. The van der Waals surface area contributed by atoms with Gasteiger partial charge in [0.2, 0.25) is 0 Å². The Morgan fingerprint density at radius 2 is 2.08 bits per heavy atom. The number of allylic oxidation sites excluding steroid dienone is 1. The SMILES string of the molecule is CC(=O)c1cccn1C=C(C)C. The van der Waals surface area contributed by atoms with Crippen LogP contribution in [-0.2, 0) is 0 Å². The largest absolute Gasteiger partial charge is 0.321 e. The summed E-state index contributed by atoms with van der Waals surface area (Å²) in [5.41, 5.74) is 1.91. The minimum Gasteiger partial charge on any atom is -0.321 e. The van der Waals surface area contributed by atoms with Crippen LogP contribution in [0.15, 0.2) is 23.9 Å². The number of ketones is 1. The van der Waals surface area contributed by atoms with E-state index in [1.165, 1.54) is 5.57 Å². The van der Waals surface area contributed by atoms with Gasteiger partial charge >= 0.3 is 0 Å². The fourth-order valence-corrected chi connectivity index (χ4v) is 1.08. The molecular formula is C10H13NO. The first-order valence-corrected chi connectivity index (χ1v) is 3.94. The predicted octanol–water partition coefficient (Wildman–Crippen LogP) is 2.57. The van der Waals surface area contributed by atoms with Crippen LogP contribution < -0.4 is 0 Å². The molecule has 1 heterocycles. The number of hydrogen-bond acceptors (Lipinski definition) is 1. The fraction of sp³-hybridized carbons (Fsp3) is 0.300. The van der Waals surface area contributed by atoms with Crippen LogP contribution in [0.1, 0.15) is 31.3 Å². The minimum atomic E-state index is 0.0949. The van der Waals surface area contributed by atoms with Gasteiger partial charge in [0.25, 0.3) is 0 Å². The van der Waals surface area contributed by atoms with Crippen molar-refractivity contribution < 1.29 is 4.79 Å². The van der Waals surface area contributed by atoms with Gasteiger partial charge in [-0.25, -0.2) is 0 Å². The first-order valence-electron chi connectivity index (χ1n) is 3.94. The van der Waals surface area contributed by atoms with E-state index < -0.39 is 0 Å². The molecule has 0 aliphatic rings. The molecule has 12 heavy (non-hydrogen) atoms. The highest BCUT2D eigenvalue weighted by molar-refractivity contribution is 5.93. The molecule has 1 aromatic heterocycles. The molecule has 0 saturated carbocycles. The van der Waals surface area contributed by atoms with E-state index in [0.717, 1.165) is 5.69 Å². The number of rotatable bonds is 2. The van der Waals surface area contributed by atoms with E-state index in [1.807, 2.05) is 42.9 Å². The van der Waals surface area contributed by atoms with Gasteiger partial charge in [-0.2, -0.15) is 0 Å². The van der Waals surface area contributed by atoms with Crippen molar-refractivity contribution in [3.05, 3.63) is 29.6 Å². The maximum absolute atomic E-state index is 11.1. The highest BCUT2D eigenvalue weighted by Gasteiger charge is 2.02. The zero-order chi connectivity index (χ0) is 9.14. The highest BCUT2D eigenvalue weighted by Crippen LogP contribution is 2.05. The molecule has 0 spiro atoms. The first-order chi connectivity index (χ1) is 5.61. The van der Waals surface area contributed by atoms with E-state index in [-0.39, 0.29) is 5.78 Å². The Bertz CT molecular complexity index is 316. The molecule has 2 nitrogen and oxygen atoms in total. The van der Waals surface area contributed by atoms with Gasteiger partial charge in [0, 0.05) is 19.3 Å². The van der Waals surface area contributed by atoms with E-state index in [1.54, 1.807) is 6.92 Å². The molecule has 1 aromatic rings. The highest BCUT2D eigenvalue weighted by atomic mass is 16.1. The zero-order valence-electron chi connectivity index (χ0n) is 7.66. The molecule has 0 aliphatic heterocycles. The molecule has 0 amide bonds.